The molecule has 2 heterocycles. The van der Waals surface area contributed by atoms with E-state index in [1.54, 1.807) is 30.3 Å². The molecule has 3 aromatic rings. The van der Waals surface area contributed by atoms with Crippen molar-refractivity contribution < 1.29 is 14.8 Å². The molecule has 1 aromatic heterocycles. The number of carboxylic acid groups (broad SMARTS) is 1. The van der Waals surface area contributed by atoms with Crippen LogP contribution in [0.15, 0.2) is 52.6 Å². The van der Waals surface area contributed by atoms with Gasteiger partial charge in [-0.2, -0.15) is 0 Å². The molecule has 1 aliphatic rings. The Kier molecular flexibility index (Phi) is 6.75. The normalized spacial score (nSPS) is 14.7. The molecule has 1 atom stereocenters. The Morgan fingerprint density at radius 3 is 2.73 bits per heavy atom. The smallest absolute Gasteiger partial charge is 0.303 e. The number of hydrogen-bond donors (Lipinski definition) is 1. The topological polar surface area (TPSA) is 124 Å². The lowest BCUT2D eigenvalue weighted by Crippen LogP contribution is -2.09. The molecule has 4 rings (SSSR count). The second-order valence-corrected chi connectivity index (χ2v) is 8.86. The minimum Gasteiger partial charge on any atom is -0.481 e. The lowest BCUT2D eigenvalue weighted by atomic mass is 9.99. The molecular weight excluding hydrogens is 466 g/mol. The fraction of sp³-hybridized carbons (Fsp3) is 0.273. The molecule has 2 aromatic carbocycles. The number of hydrogen-bond acceptors (Lipinski definition) is 7. The lowest BCUT2D eigenvalue weighted by molar-refractivity contribution is -0.384. The second-order valence-electron chi connectivity index (χ2n) is 7.39. The van der Waals surface area contributed by atoms with E-state index in [2.05, 4.69) is 17.1 Å². The number of nitro benzene ring substituents is 1. The molecular formula is C22H20ClN5O4S. The zero-order valence-electron chi connectivity index (χ0n) is 17.6. The highest BCUT2D eigenvalue weighted by Crippen LogP contribution is 2.37. The summed E-state index contributed by atoms with van der Waals surface area (Å²) in [5, 5.41) is 30.6. The molecule has 0 saturated carbocycles. The summed E-state index contributed by atoms with van der Waals surface area (Å²) in [5.74, 6) is 0.346. The molecule has 0 amide bonds. The van der Waals surface area contributed by atoms with Crippen molar-refractivity contribution >= 4 is 40.7 Å². The Hall–Kier alpha value is -3.24. The first-order chi connectivity index (χ1) is 15.9. The van der Waals surface area contributed by atoms with Gasteiger partial charge < -0.3 is 5.11 Å². The summed E-state index contributed by atoms with van der Waals surface area (Å²) in [6.45, 7) is 2.05. The van der Waals surface area contributed by atoms with Crippen LogP contribution in [0.5, 0.6) is 0 Å². The van der Waals surface area contributed by atoms with E-state index in [1.165, 1.54) is 23.9 Å². The van der Waals surface area contributed by atoms with Gasteiger partial charge in [0, 0.05) is 40.5 Å². The number of nitrogens with zero attached hydrogens (tertiary/aromatic N) is 5. The summed E-state index contributed by atoms with van der Waals surface area (Å²) in [6, 6.07) is 11.0. The van der Waals surface area contributed by atoms with Crippen molar-refractivity contribution in [1.82, 2.24) is 14.8 Å². The van der Waals surface area contributed by atoms with Crippen LogP contribution < -0.4 is 0 Å². The van der Waals surface area contributed by atoms with Crippen molar-refractivity contribution in [1.29, 1.82) is 0 Å². The summed E-state index contributed by atoms with van der Waals surface area (Å²) in [4.78, 5) is 27.3. The molecule has 0 spiro atoms. The molecule has 0 aliphatic carbocycles. The molecule has 0 saturated heterocycles. The number of non-ortho nitro benzene ring substituents is 1. The highest BCUT2D eigenvalue weighted by Gasteiger charge is 2.31. The van der Waals surface area contributed by atoms with Crippen LogP contribution in [0.1, 0.15) is 49.2 Å². The number of aromatic nitrogens is 3. The van der Waals surface area contributed by atoms with Crippen molar-refractivity contribution in [3.63, 3.8) is 0 Å². The van der Waals surface area contributed by atoms with Crippen LogP contribution in [0.4, 0.5) is 5.69 Å². The van der Waals surface area contributed by atoms with Crippen LogP contribution in [0.3, 0.4) is 0 Å². The molecule has 9 nitrogen and oxygen atoms in total. The minimum absolute atomic E-state index is 0.0881. The van der Waals surface area contributed by atoms with Crippen molar-refractivity contribution in [3.8, 4) is 5.69 Å². The Labute approximate surface area is 198 Å². The Balaban J connectivity index is 2.00. The molecule has 170 valence electrons. The Morgan fingerprint density at radius 1 is 1.24 bits per heavy atom. The van der Waals surface area contributed by atoms with Gasteiger partial charge >= 0.3 is 5.97 Å². The Bertz CT molecular complexity index is 1260. The van der Waals surface area contributed by atoms with Crippen LogP contribution in [0.2, 0.25) is 5.02 Å². The monoisotopic (exact) mass is 485 g/mol. The van der Waals surface area contributed by atoms with Gasteiger partial charge in [-0.1, -0.05) is 48.5 Å². The number of nitro groups is 1. The number of fused-ring (bicyclic) bond motifs is 3. The van der Waals surface area contributed by atoms with Crippen molar-refractivity contribution in [3.05, 3.63) is 74.6 Å². The first-order valence-corrected chi connectivity index (χ1v) is 11.7. The van der Waals surface area contributed by atoms with E-state index in [0.717, 1.165) is 12.2 Å². The summed E-state index contributed by atoms with van der Waals surface area (Å²) >= 11 is 8.01. The van der Waals surface area contributed by atoms with Gasteiger partial charge in [0.15, 0.2) is 11.0 Å². The van der Waals surface area contributed by atoms with Crippen LogP contribution in [-0.2, 0) is 4.79 Å². The molecule has 0 radical (unpaired) electrons. The highest BCUT2D eigenvalue weighted by atomic mass is 35.5. The molecule has 11 heteroatoms. The van der Waals surface area contributed by atoms with E-state index < -0.39 is 16.9 Å². The van der Waals surface area contributed by atoms with Crippen LogP contribution in [-0.4, -0.2) is 42.2 Å². The quantitative estimate of drug-likeness (QED) is 0.268. The van der Waals surface area contributed by atoms with Gasteiger partial charge in [-0.25, -0.2) is 0 Å². The number of carbonyl (C=O) groups is 1. The number of carboxylic acids is 1. The predicted molar refractivity (Wildman–Crippen MR) is 126 cm³/mol. The second kappa shape index (κ2) is 9.72. The number of halogens is 1. The van der Waals surface area contributed by atoms with Gasteiger partial charge in [-0.3, -0.25) is 24.5 Å². The zero-order valence-corrected chi connectivity index (χ0v) is 19.2. The first kappa shape index (κ1) is 22.9. The maximum absolute atomic E-state index is 11.6. The van der Waals surface area contributed by atoms with Gasteiger partial charge in [0.05, 0.1) is 16.3 Å². The van der Waals surface area contributed by atoms with Crippen molar-refractivity contribution in [2.24, 2.45) is 4.99 Å². The molecule has 1 N–H and O–H groups in total. The summed E-state index contributed by atoms with van der Waals surface area (Å²) in [7, 11) is 0. The fourth-order valence-electron chi connectivity index (χ4n) is 3.64. The summed E-state index contributed by atoms with van der Waals surface area (Å²) in [6.07, 6.45) is 0.991. The number of benzene rings is 2. The molecule has 0 unspecified atom stereocenters. The van der Waals surface area contributed by atoms with Crippen molar-refractivity contribution in [2.45, 2.75) is 37.4 Å². The summed E-state index contributed by atoms with van der Waals surface area (Å²) < 4.78 is 1.83. The molecule has 1 aliphatic heterocycles. The fourth-order valence-corrected chi connectivity index (χ4v) is 4.67. The van der Waals surface area contributed by atoms with E-state index in [0.29, 0.717) is 38.5 Å². The van der Waals surface area contributed by atoms with Gasteiger partial charge in [0.1, 0.15) is 6.04 Å². The third-order valence-corrected chi connectivity index (χ3v) is 6.59. The average molecular weight is 486 g/mol. The average Bonchev–Trinajstić information content (AvgIpc) is 3.15. The first-order valence-electron chi connectivity index (χ1n) is 10.3. The van der Waals surface area contributed by atoms with Gasteiger partial charge in [-0.15, -0.1) is 10.2 Å². The third-order valence-electron chi connectivity index (χ3n) is 5.12. The van der Waals surface area contributed by atoms with Crippen molar-refractivity contribution in [2.75, 3.05) is 5.75 Å². The van der Waals surface area contributed by atoms with E-state index in [1.807, 2.05) is 4.57 Å². The van der Waals surface area contributed by atoms with E-state index in [4.69, 9.17) is 16.6 Å². The number of aliphatic imine (C=N–C) groups is 1. The van der Waals surface area contributed by atoms with E-state index in [9.17, 15) is 20.0 Å². The minimum atomic E-state index is -0.950. The van der Waals surface area contributed by atoms with Crippen LogP contribution in [0.25, 0.3) is 5.69 Å². The third kappa shape index (κ3) is 4.62. The number of thioether (sulfide) groups is 1. The largest absolute Gasteiger partial charge is 0.481 e. The highest BCUT2D eigenvalue weighted by molar-refractivity contribution is 7.99. The predicted octanol–water partition coefficient (Wildman–Crippen LogP) is 5.09. The van der Waals surface area contributed by atoms with E-state index >= 15 is 0 Å². The molecule has 0 fully saturated rings. The molecule has 0 bridgehead atoms. The van der Waals surface area contributed by atoms with Crippen LogP contribution >= 0.6 is 23.4 Å². The zero-order chi connectivity index (χ0) is 23.5. The van der Waals surface area contributed by atoms with Gasteiger partial charge in [0.25, 0.3) is 5.69 Å². The van der Waals surface area contributed by atoms with Crippen LogP contribution in [0, 0.1) is 10.1 Å². The van der Waals surface area contributed by atoms with E-state index in [-0.39, 0.29) is 18.5 Å². The van der Waals surface area contributed by atoms with Gasteiger partial charge in [-0.05, 0) is 25.0 Å². The summed E-state index contributed by atoms with van der Waals surface area (Å²) in [5.41, 5.74) is 2.11. The SMILES string of the molecule is CCCSc1nnc2n1-c1ccc([N+](=O)[O-])cc1C(c1ccccc1Cl)=N[C@H]2CCC(=O)O. The Morgan fingerprint density at radius 2 is 2.03 bits per heavy atom. The molecule has 33 heavy (non-hydrogen) atoms. The van der Waals surface area contributed by atoms with Gasteiger partial charge in [0.2, 0.25) is 0 Å². The number of aliphatic carboxylic acids is 1. The number of rotatable bonds is 8. The maximum Gasteiger partial charge on any atom is 0.303 e. The lowest BCUT2D eigenvalue weighted by Gasteiger charge is -2.13. The maximum atomic E-state index is 11.6. The standard InChI is InChI=1S/C22H20ClN5O4S/c1-2-11-33-22-26-25-21-17(8-10-19(29)30)24-20(14-5-3-4-6-16(14)23)15-12-13(28(31)32)7-9-18(15)27(21)22/h3-7,9,12,17H,2,8,10-11H2,1H3,(H,29,30)/t17-/m0/s1.